The highest BCUT2D eigenvalue weighted by atomic mass is 32.2. The smallest absolute Gasteiger partial charge is 0.417 e. The van der Waals surface area contributed by atoms with Crippen LogP contribution in [0.25, 0.3) is 0 Å². The molecule has 2 rings (SSSR count). The second-order valence-electron chi connectivity index (χ2n) is 9.29. The Morgan fingerprint density at radius 2 is 1.70 bits per heavy atom. The van der Waals surface area contributed by atoms with E-state index in [4.69, 9.17) is 9.47 Å². The fraction of sp³-hybridized carbons (Fsp3) is 0.720. The van der Waals surface area contributed by atoms with Gasteiger partial charge in [-0.2, -0.15) is 13.2 Å². The summed E-state index contributed by atoms with van der Waals surface area (Å²) >= 11 is 1.05. The van der Waals surface area contributed by atoms with Crippen LogP contribution in [-0.4, -0.2) is 43.0 Å². The average Bonchev–Trinajstić information content (AvgIpc) is 2.72. The molecular formula is C25H42F3NO3S. The van der Waals surface area contributed by atoms with Crippen LogP contribution in [0, 0.1) is 5.92 Å². The summed E-state index contributed by atoms with van der Waals surface area (Å²) in [6, 6.07) is 2.61. The summed E-state index contributed by atoms with van der Waals surface area (Å²) in [4.78, 5) is 14.2. The van der Waals surface area contributed by atoms with Gasteiger partial charge in [0.25, 0.3) is 0 Å². The lowest BCUT2D eigenvalue weighted by atomic mass is 9.89. The van der Waals surface area contributed by atoms with E-state index < -0.39 is 23.4 Å². The van der Waals surface area contributed by atoms with Crippen molar-refractivity contribution in [2.45, 2.75) is 90.8 Å². The Bertz CT molecular complexity index is 728. The zero-order valence-corrected chi connectivity index (χ0v) is 22.7. The number of carbonyl (C=O) groups is 1. The molecule has 0 aliphatic carbocycles. The van der Waals surface area contributed by atoms with Crippen molar-refractivity contribution in [2.24, 2.45) is 5.92 Å². The van der Waals surface area contributed by atoms with E-state index in [9.17, 15) is 18.0 Å². The van der Waals surface area contributed by atoms with Crippen molar-refractivity contribution in [3.05, 3.63) is 23.3 Å². The van der Waals surface area contributed by atoms with Crippen molar-refractivity contribution >= 4 is 17.9 Å². The van der Waals surface area contributed by atoms with Crippen LogP contribution in [0.2, 0.25) is 0 Å². The van der Waals surface area contributed by atoms with Gasteiger partial charge >= 0.3 is 12.3 Å². The van der Waals surface area contributed by atoms with Gasteiger partial charge < -0.3 is 14.4 Å². The molecular weight excluding hydrogens is 451 g/mol. The SMILES string of the molecule is CC.CC(C)C.COc1cc(C(F)(F)F)c(SC)cc1C1CCCN(C(=O)OC(C)(C)C)C1. The lowest BCUT2D eigenvalue weighted by Gasteiger charge is -2.35. The second kappa shape index (κ2) is 14.0. The quantitative estimate of drug-likeness (QED) is 0.398. The molecule has 4 nitrogen and oxygen atoms in total. The third-order valence-electron chi connectivity index (χ3n) is 4.37. The van der Waals surface area contributed by atoms with Gasteiger partial charge in [0.15, 0.2) is 0 Å². The molecule has 0 aromatic heterocycles. The van der Waals surface area contributed by atoms with Crippen molar-refractivity contribution in [1.82, 2.24) is 4.90 Å². The molecule has 1 fully saturated rings. The Labute approximate surface area is 202 Å². The Hall–Kier alpha value is -1.57. The van der Waals surface area contributed by atoms with E-state index in [-0.39, 0.29) is 16.6 Å². The predicted octanol–water partition coefficient (Wildman–Crippen LogP) is 8.24. The van der Waals surface area contributed by atoms with Crippen molar-refractivity contribution in [3.63, 3.8) is 0 Å². The molecule has 1 aromatic rings. The lowest BCUT2D eigenvalue weighted by Crippen LogP contribution is -2.42. The number of alkyl halides is 3. The number of benzene rings is 1. The van der Waals surface area contributed by atoms with Crippen molar-refractivity contribution in [3.8, 4) is 5.75 Å². The van der Waals surface area contributed by atoms with Gasteiger partial charge in [0.05, 0.1) is 12.7 Å². The molecule has 1 amide bonds. The number of hydrogen-bond donors (Lipinski definition) is 0. The maximum absolute atomic E-state index is 13.3. The van der Waals surface area contributed by atoms with Gasteiger partial charge in [-0.25, -0.2) is 4.79 Å². The summed E-state index contributed by atoms with van der Waals surface area (Å²) in [6.07, 6.45) is -1.70. The number of ether oxygens (including phenoxy) is 2. The maximum atomic E-state index is 13.3. The molecule has 1 atom stereocenters. The molecule has 192 valence electrons. The largest absolute Gasteiger partial charge is 0.496 e. The van der Waals surface area contributed by atoms with Crippen LogP contribution in [0.1, 0.15) is 85.3 Å². The predicted molar refractivity (Wildman–Crippen MR) is 131 cm³/mol. The van der Waals surface area contributed by atoms with Crippen molar-refractivity contribution < 1.29 is 27.4 Å². The van der Waals surface area contributed by atoms with Gasteiger partial charge in [0.1, 0.15) is 11.4 Å². The van der Waals surface area contributed by atoms with E-state index in [0.29, 0.717) is 18.7 Å². The number of amides is 1. The topological polar surface area (TPSA) is 38.8 Å². The number of methoxy groups -OCH3 is 1. The van der Waals surface area contributed by atoms with Crippen LogP contribution >= 0.6 is 11.8 Å². The molecule has 1 saturated heterocycles. The average molecular weight is 494 g/mol. The van der Waals surface area contributed by atoms with E-state index in [0.717, 1.165) is 36.6 Å². The first-order chi connectivity index (χ1) is 15.2. The second-order valence-corrected chi connectivity index (χ2v) is 10.1. The minimum atomic E-state index is -4.45. The van der Waals surface area contributed by atoms with Gasteiger partial charge in [0, 0.05) is 29.5 Å². The summed E-state index contributed by atoms with van der Waals surface area (Å²) in [5, 5.41) is 0. The molecule has 0 N–H and O–H groups in total. The first kappa shape index (κ1) is 31.4. The molecule has 1 aliphatic heterocycles. The number of likely N-dealkylation sites (tertiary alicyclic amines) is 1. The normalized spacial score (nSPS) is 16.3. The van der Waals surface area contributed by atoms with Gasteiger partial charge in [0.2, 0.25) is 0 Å². The molecule has 0 saturated carbocycles. The summed E-state index contributed by atoms with van der Waals surface area (Å²) in [5.74, 6) is 0.936. The van der Waals surface area contributed by atoms with Gasteiger partial charge in [-0.15, -0.1) is 11.8 Å². The van der Waals surface area contributed by atoms with Crippen molar-refractivity contribution in [1.29, 1.82) is 0 Å². The van der Waals surface area contributed by atoms with Crippen LogP contribution in [-0.2, 0) is 10.9 Å². The molecule has 8 heteroatoms. The van der Waals surface area contributed by atoms with Gasteiger partial charge in [-0.1, -0.05) is 34.6 Å². The minimum Gasteiger partial charge on any atom is -0.496 e. The standard InChI is InChI=1S/C19H26F3NO3S.C4H10.C2H6/c1-18(2,3)26-17(24)23-8-6-7-12(11-23)13-9-16(27-5)14(19(20,21)22)10-15(13)25-4;1-4(2)3;1-2/h9-10,12H,6-8,11H2,1-5H3;4H,1-3H3;1-2H3. The van der Waals surface area contributed by atoms with E-state index >= 15 is 0 Å². The first-order valence-electron chi connectivity index (χ1n) is 11.5. The number of thioether (sulfide) groups is 1. The molecule has 0 bridgehead atoms. The zero-order chi connectivity index (χ0) is 26.0. The highest BCUT2D eigenvalue weighted by molar-refractivity contribution is 7.98. The number of nitrogens with zero attached hydrogens (tertiary/aromatic N) is 1. The van der Waals surface area contributed by atoms with E-state index in [2.05, 4.69) is 20.8 Å². The van der Waals surface area contributed by atoms with Crippen LogP contribution in [0.15, 0.2) is 17.0 Å². The summed E-state index contributed by atoms with van der Waals surface area (Å²) in [7, 11) is 1.37. The Morgan fingerprint density at radius 3 is 2.12 bits per heavy atom. The van der Waals surface area contributed by atoms with E-state index in [1.165, 1.54) is 7.11 Å². The third kappa shape index (κ3) is 10.9. The monoisotopic (exact) mass is 493 g/mol. The lowest BCUT2D eigenvalue weighted by molar-refractivity contribution is -0.139. The van der Waals surface area contributed by atoms with Gasteiger partial charge in [-0.3, -0.25) is 0 Å². The Kier molecular flexibility index (Phi) is 13.3. The van der Waals surface area contributed by atoms with Crippen molar-refractivity contribution in [2.75, 3.05) is 26.5 Å². The summed E-state index contributed by atoms with van der Waals surface area (Å²) in [5.41, 5.74) is -0.597. The van der Waals surface area contributed by atoms with E-state index in [1.54, 1.807) is 38.0 Å². The molecule has 33 heavy (non-hydrogen) atoms. The molecule has 0 spiro atoms. The number of piperidine rings is 1. The van der Waals surface area contributed by atoms with Gasteiger partial charge in [-0.05, 0) is 57.9 Å². The number of rotatable bonds is 3. The summed E-state index contributed by atoms with van der Waals surface area (Å²) < 4.78 is 50.6. The zero-order valence-electron chi connectivity index (χ0n) is 21.9. The fourth-order valence-corrected chi connectivity index (χ4v) is 3.82. The molecule has 1 aliphatic rings. The highest BCUT2D eigenvalue weighted by Gasteiger charge is 2.36. The number of hydrogen-bond acceptors (Lipinski definition) is 4. The molecule has 1 aromatic carbocycles. The number of carbonyl (C=O) groups excluding carboxylic acids is 1. The van der Waals surface area contributed by atoms with Crippen LogP contribution in [0.4, 0.5) is 18.0 Å². The minimum absolute atomic E-state index is 0.102. The first-order valence-corrected chi connectivity index (χ1v) is 12.7. The summed E-state index contributed by atoms with van der Waals surface area (Å²) in [6.45, 7) is 16.9. The molecule has 1 heterocycles. The van der Waals surface area contributed by atoms with Crippen LogP contribution in [0.3, 0.4) is 0 Å². The van der Waals surface area contributed by atoms with Crippen LogP contribution in [0.5, 0.6) is 5.75 Å². The maximum Gasteiger partial charge on any atom is 0.417 e. The molecule has 1 unspecified atom stereocenters. The van der Waals surface area contributed by atoms with E-state index in [1.807, 2.05) is 13.8 Å². The third-order valence-corrected chi connectivity index (χ3v) is 5.15. The van der Waals surface area contributed by atoms with Crippen LogP contribution < -0.4 is 4.74 Å². The molecule has 0 radical (unpaired) electrons. The highest BCUT2D eigenvalue weighted by Crippen LogP contribution is 2.43. The Balaban J connectivity index is 0.00000154. The fourth-order valence-electron chi connectivity index (χ4n) is 3.19. The number of halogens is 3. The Morgan fingerprint density at radius 1 is 1.15 bits per heavy atom.